The number of para-hydroxylation sites is 1. The fraction of sp³-hybridized carbons (Fsp3) is 0.294. The van der Waals surface area contributed by atoms with E-state index in [9.17, 15) is 19.2 Å². The van der Waals surface area contributed by atoms with E-state index in [0.29, 0.717) is 19.4 Å². The van der Waals surface area contributed by atoms with E-state index in [4.69, 9.17) is 0 Å². The molecule has 4 aromatic rings. The summed E-state index contributed by atoms with van der Waals surface area (Å²) in [5.41, 5.74) is 3.53. The lowest BCUT2D eigenvalue weighted by Gasteiger charge is -2.32. The molecular weight excluding hydrogens is 542 g/mol. The lowest BCUT2D eigenvalue weighted by atomic mass is 9.99. The number of H-pyrrole nitrogens is 1. The quantitative estimate of drug-likeness (QED) is 0.281. The minimum absolute atomic E-state index is 0.201. The molecule has 4 N–H and O–H groups in total. The summed E-state index contributed by atoms with van der Waals surface area (Å²) in [7, 11) is 0. The molecule has 9 nitrogen and oxygen atoms in total. The third-order valence-electron chi connectivity index (χ3n) is 8.38. The molecular formula is C34H35N5O4. The lowest BCUT2D eigenvalue weighted by Crippen LogP contribution is -2.62. The highest BCUT2D eigenvalue weighted by atomic mass is 16.2. The summed E-state index contributed by atoms with van der Waals surface area (Å²) >= 11 is 0. The second-order valence-electron chi connectivity index (χ2n) is 11.3. The van der Waals surface area contributed by atoms with Crippen molar-refractivity contribution < 1.29 is 19.2 Å². The van der Waals surface area contributed by atoms with Gasteiger partial charge in [0.15, 0.2) is 0 Å². The van der Waals surface area contributed by atoms with Gasteiger partial charge in [-0.05, 0) is 35.6 Å². The van der Waals surface area contributed by atoms with Gasteiger partial charge >= 0.3 is 0 Å². The number of rotatable bonds is 6. The monoisotopic (exact) mass is 577 g/mol. The summed E-state index contributed by atoms with van der Waals surface area (Å²) in [5.74, 6) is -1.56. The third kappa shape index (κ3) is 6.30. The summed E-state index contributed by atoms with van der Waals surface area (Å²) in [6.45, 7) is 0.409. The highest BCUT2D eigenvalue weighted by Crippen LogP contribution is 2.22. The fourth-order valence-corrected chi connectivity index (χ4v) is 6.15. The van der Waals surface area contributed by atoms with Crippen LogP contribution in [-0.4, -0.2) is 64.2 Å². The highest BCUT2D eigenvalue weighted by Gasteiger charge is 2.40. The minimum atomic E-state index is -0.984. The van der Waals surface area contributed by atoms with Crippen LogP contribution in [0.4, 0.5) is 0 Å². The summed E-state index contributed by atoms with van der Waals surface area (Å²) in [4.78, 5) is 60.3. The van der Waals surface area contributed by atoms with E-state index in [1.807, 2.05) is 91.1 Å². The molecule has 0 spiro atoms. The Bertz CT molecular complexity index is 1620. The zero-order valence-corrected chi connectivity index (χ0v) is 23.8. The Hall–Kier alpha value is -4.92. The molecule has 2 saturated heterocycles. The van der Waals surface area contributed by atoms with Crippen LogP contribution in [0.5, 0.6) is 0 Å². The summed E-state index contributed by atoms with van der Waals surface area (Å²) in [6.07, 6.45) is 3.70. The molecule has 0 bridgehead atoms. The molecule has 3 aromatic carbocycles. The molecule has 1 unspecified atom stereocenters. The number of aromatic nitrogens is 1. The number of fused-ring (bicyclic) bond motifs is 2. The predicted molar refractivity (Wildman–Crippen MR) is 163 cm³/mol. The first-order valence-corrected chi connectivity index (χ1v) is 14.8. The topological polar surface area (TPSA) is 123 Å². The van der Waals surface area contributed by atoms with Gasteiger partial charge in [-0.1, -0.05) is 78.9 Å². The molecule has 2 fully saturated rings. The van der Waals surface area contributed by atoms with Crippen LogP contribution in [-0.2, 0) is 38.4 Å². The number of hydrogen-bond donors (Lipinski definition) is 4. The van der Waals surface area contributed by atoms with Crippen LogP contribution in [0.2, 0.25) is 0 Å². The Morgan fingerprint density at radius 2 is 1.19 bits per heavy atom. The number of carbonyl (C=O) groups excluding carboxylic acids is 4. The first-order chi connectivity index (χ1) is 21.0. The molecule has 2 aliphatic heterocycles. The standard InChI is InChI=1S/C34H35N5O4/c40-31-27(18-22-10-3-1-4-11-22)37-33(42)30-16-9-17-39(30)34(43)29(19-23-12-5-2-6-13-23)38-32(41)28(36-31)20-24-21-35-26-15-8-7-14-25(24)26/h1-8,10-15,21,27-30,35H,9,16-20H2,(H,36,40)(H,37,42)(H,38,41)/t27-,28?,29-,30-/m0/s1. The van der Waals surface area contributed by atoms with Crippen molar-refractivity contribution >= 4 is 34.5 Å². The molecule has 6 rings (SSSR count). The number of carbonyl (C=O) groups is 4. The van der Waals surface area contributed by atoms with Gasteiger partial charge in [0, 0.05) is 42.9 Å². The van der Waals surface area contributed by atoms with E-state index in [1.54, 1.807) is 4.90 Å². The van der Waals surface area contributed by atoms with Crippen LogP contribution in [0, 0.1) is 0 Å². The summed E-state index contributed by atoms with van der Waals surface area (Å²) < 4.78 is 0. The number of nitrogens with one attached hydrogen (secondary N) is 4. The van der Waals surface area contributed by atoms with E-state index in [-0.39, 0.29) is 31.1 Å². The summed E-state index contributed by atoms with van der Waals surface area (Å²) in [6, 6.07) is 23.1. The maximum Gasteiger partial charge on any atom is 0.246 e. The van der Waals surface area contributed by atoms with Crippen LogP contribution in [0.15, 0.2) is 91.1 Å². The molecule has 1 aromatic heterocycles. The average molecular weight is 578 g/mol. The van der Waals surface area contributed by atoms with E-state index in [0.717, 1.165) is 27.6 Å². The first-order valence-electron chi connectivity index (χ1n) is 14.8. The highest BCUT2D eigenvalue weighted by molar-refractivity contribution is 5.98. The van der Waals surface area contributed by atoms with Crippen molar-refractivity contribution in [1.82, 2.24) is 25.8 Å². The lowest BCUT2D eigenvalue weighted by molar-refractivity contribution is -0.143. The molecule has 2 aliphatic rings. The van der Waals surface area contributed by atoms with Crippen molar-refractivity contribution in [1.29, 1.82) is 0 Å². The van der Waals surface area contributed by atoms with Gasteiger partial charge in [0.1, 0.15) is 24.2 Å². The largest absolute Gasteiger partial charge is 0.361 e. The van der Waals surface area contributed by atoms with E-state index in [1.165, 1.54) is 0 Å². The van der Waals surface area contributed by atoms with Crippen molar-refractivity contribution in [3.8, 4) is 0 Å². The maximum atomic E-state index is 14.0. The second-order valence-corrected chi connectivity index (χ2v) is 11.3. The van der Waals surface area contributed by atoms with E-state index < -0.39 is 36.0 Å². The minimum Gasteiger partial charge on any atom is -0.361 e. The van der Waals surface area contributed by atoms with Crippen LogP contribution in [0.1, 0.15) is 29.5 Å². The number of hydrogen-bond acceptors (Lipinski definition) is 4. The van der Waals surface area contributed by atoms with Gasteiger partial charge in [0.25, 0.3) is 0 Å². The maximum absolute atomic E-state index is 14.0. The number of amides is 4. The van der Waals surface area contributed by atoms with Crippen LogP contribution in [0.25, 0.3) is 10.9 Å². The van der Waals surface area contributed by atoms with Gasteiger partial charge in [-0.3, -0.25) is 19.2 Å². The van der Waals surface area contributed by atoms with Gasteiger partial charge < -0.3 is 25.8 Å². The van der Waals surface area contributed by atoms with Gasteiger partial charge in [-0.25, -0.2) is 0 Å². The normalized spacial score (nSPS) is 23.1. The smallest absolute Gasteiger partial charge is 0.246 e. The van der Waals surface area contributed by atoms with E-state index in [2.05, 4.69) is 20.9 Å². The van der Waals surface area contributed by atoms with Gasteiger partial charge in [0.05, 0.1) is 0 Å². The van der Waals surface area contributed by atoms with Crippen molar-refractivity contribution in [3.63, 3.8) is 0 Å². The fourth-order valence-electron chi connectivity index (χ4n) is 6.15. The molecule has 43 heavy (non-hydrogen) atoms. The molecule has 4 amide bonds. The molecule has 0 radical (unpaired) electrons. The Kier molecular flexibility index (Phi) is 8.22. The Morgan fingerprint density at radius 3 is 1.88 bits per heavy atom. The number of aromatic amines is 1. The summed E-state index contributed by atoms with van der Waals surface area (Å²) in [5, 5.41) is 9.78. The second kappa shape index (κ2) is 12.5. The molecule has 9 heteroatoms. The number of nitrogens with zero attached hydrogens (tertiary/aromatic N) is 1. The molecule has 0 saturated carbocycles. The van der Waals surface area contributed by atoms with Crippen molar-refractivity contribution in [2.24, 2.45) is 0 Å². The zero-order chi connectivity index (χ0) is 29.8. The molecule has 0 aliphatic carbocycles. The van der Waals surface area contributed by atoms with Crippen LogP contribution < -0.4 is 16.0 Å². The van der Waals surface area contributed by atoms with Crippen molar-refractivity contribution in [2.75, 3.05) is 6.54 Å². The van der Waals surface area contributed by atoms with Gasteiger partial charge in [0.2, 0.25) is 23.6 Å². The molecule has 3 heterocycles. The SMILES string of the molecule is O=C1N[C@@H](Cc2ccccc2)C(=O)N2CCC[C@H]2C(=O)N[C@@H](Cc2ccccc2)C(=O)NC1Cc1c[nH]c2ccccc12. The Labute approximate surface area is 250 Å². The van der Waals surface area contributed by atoms with Gasteiger partial charge in [-0.15, -0.1) is 0 Å². The zero-order valence-electron chi connectivity index (χ0n) is 23.8. The van der Waals surface area contributed by atoms with Crippen LogP contribution >= 0.6 is 0 Å². The van der Waals surface area contributed by atoms with Gasteiger partial charge in [-0.2, -0.15) is 0 Å². The van der Waals surface area contributed by atoms with E-state index >= 15 is 0 Å². The average Bonchev–Trinajstić information content (AvgIpc) is 3.68. The predicted octanol–water partition coefficient (Wildman–Crippen LogP) is 2.65. The first kappa shape index (κ1) is 28.2. The van der Waals surface area contributed by atoms with Crippen LogP contribution in [0.3, 0.4) is 0 Å². The molecule has 4 atom stereocenters. The Balaban J connectivity index is 1.36. The number of benzene rings is 3. The van der Waals surface area contributed by atoms with Crippen molar-refractivity contribution in [2.45, 2.75) is 56.3 Å². The Morgan fingerprint density at radius 1 is 0.628 bits per heavy atom. The van der Waals surface area contributed by atoms with Crippen molar-refractivity contribution in [3.05, 3.63) is 108 Å². The third-order valence-corrected chi connectivity index (χ3v) is 8.38. The molecule has 220 valence electrons.